The molecule has 3 radical (unpaired) electrons. The molecule has 0 fully saturated rings. The number of hydrogen-bond acceptors (Lipinski definition) is 2. The second-order valence-corrected chi connectivity index (χ2v) is 1.85. The molecule has 55 valence electrons. The van der Waals surface area contributed by atoms with Gasteiger partial charge in [0, 0.05) is 11.9 Å². The lowest BCUT2D eigenvalue weighted by atomic mass is 10.3. The maximum atomic E-state index is 10.2. The van der Waals surface area contributed by atoms with Gasteiger partial charge in [-0.15, -0.1) is 0 Å². The number of nitro benzene ring substituents is 1. The van der Waals surface area contributed by atoms with Crippen molar-refractivity contribution in [1.29, 1.82) is 0 Å². The predicted molar refractivity (Wildman–Crippen MR) is 37.0 cm³/mol. The Bertz CT molecular complexity index is 274. The molecule has 0 saturated heterocycles. The summed E-state index contributed by atoms with van der Waals surface area (Å²) in [5, 5.41) is 10.2. The van der Waals surface area contributed by atoms with Crippen LogP contribution >= 0.6 is 0 Å². The van der Waals surface area contributed by atoms with Crippen LogP contribution in [0.2, 0.25) is 0 Å². The van der Waals surface area contributed by atoms with Gasteiger partial charge < -0.3 is 0 Å². The summed E-state index contributed by atoms with van der Waals surface area (Å²) in [5.74, 6) is 8.29. The van der Waals surface area contributed by atoms with E-state index in [1.165, 1.54) is 18.2 Å². The Balaban J connectivity index is 3.12. The van der Waals surface area contributed by atoms with Crippen LogP contribution in [0.3, 0.4) is 0 Å². The Morgan fingerprint density at radius 2 is 2.09 bits per heavy atom. The van der Waals surface area contributed by atoms with Crippen molar-refractivity contribution in [3.8, 4) is 0 Å². The van der Waals surface area contributed by atoms with Gasteiger partial charge in [-0.3, -0.25) is 10.1 Å². The molecule has 0 spiro atoms. The minimum Gasteiger partial charge on any atom is -0.258 e. The molecule has 5 nitrogen and oxygen atoms in total. The number of hydrogen-bond donors (Lipinski definition) is 0. The molecular weight excluding hydrogens is 146 g/mol. The first-order chi connectivity index (χ1) is 5.25. The molecule has 0 atom stereocenters. The van der Waals surface area contributed by atoms with E-state index >= 15 is 0 Å². The topological polar surface area (TPSA) is 79.5 Å². The van der Waals surface area contributed by atoms with E-state index in [-0.39, 0.29) is 11.4 Å². The predicted octanol–water partition coefficient (Wildman–Crippen LogP) is 0.814. The first kappa shape index (κ1) is 7.49. The van der Waals surface area contributed by atoms with Crippen molar-refractivity contribution in [3.63, 3.8) is 0 Å². The van der Waals surface area contributed by atoms with Gasteiger partial charge in [-0.05, 0) is 6.07 Å². The van der Waals surface area contributed by atoms with Crippen molar-refractivity contribution in [2.45, 2.75) is 0 Å². The van der Waals surface area contributed by atoms with E-state index in [2.05, 4.69) is 5.43 Å². The molecule has 0 amide bonds. The Kier molecular flexibility index (Phi) is 2.03. The molecule has 0 aliphatic rings. The molecule has 1 rings (SSSR count). The van der Waals surface area contributed by atoms with Gasteiger partial charge >= 0.3 is 0 Å². The first-order valence-electron chi connectivity index (χ1n) is 2.84. The van der Waals surface area contributed by atoms with Crippen molar-refractivity contribution >= 4 is 11.4 Å². The number of benzene rings is 1. The van der Waals surface area contributed by atoms with Crippen molar-refractivity contribution in [1.82, 2.24) is 11.3 Å². The maximum absolute atomic E-state index is 10.2. The Labute approximate surface area is 62.9 Å². The fourth-order valence-electron chi connectivity index (χ4n) is 0.703. The van der Waals surface area contributed by atoms with Crippen LogP contribution in [0.15, 0.2) is 24.3 Å². The van der Waals surface area contributed by atoms with Gasteiger partial charge in [0.2, 0.25) is 0 Å². The first-order valence-corrected chi connectivity index (χ1v) is 2.84. The van der Waals surface area contributed by atoms with Crippen molar-refractivity contribution in [3.05, 3.63) is 34.4 Å². The molecule has 0 aromatic heterocycles. The highest BCUT2D eigenvalue weighted by molar-refractivity contribution is 5.55. The number of nitro groups is 1. The van der Waals surface area contributed by atoms with E-state index in [0.717, 1.165) is 0 Å². The third-order valence-electron chi connectivity index (χ3n) is 1.19. The van der Waals surface area contributed by atoms with Crippen LogP contribution in [-0.4, -0.2) is 4.92 Å². The zero-order valence-electron chi connectivity index (χ0n) is 5.47. The fourth-order valence-corrected chi connectivity index (χ4v) is 0.703. The summed E-state index contributed by atoms with van der Waals surface area (Å²) >= 11 is 0. The van der Waals surface area contributed by atoms with Gasteiger partial charge in [0.1, 0.15) is 0 Å². The van der Waals surface area contributed by atoms with E-state index in [1.54, 1.807) is 6.07 Å². The van der Waals surface area contributed by atoms with Crippen LogP contribution in [0.5, 0.6) is 0 Å². The second kappa shape index (κ2) is 2.98. The quantitative estimate of drug-likeness (QED) is 0.462. The van der Waals surface area contributed by atoms with E-state index in [4.69, 9.17) is 5.84 Å². The molecule has 1 aromatic rings. The zero-order valence-corrected chi connectivity index (χ0v) is 5.47. The van der Waals surface area contributed by atoms with Gasteiger partial charge in [-0.1, -0.05) is 12.1 Å². The lowest BCUT2D eigenvalue weighted by molar-refractivity contribution is -0.384. The summed E-state index contributed by atoms with van der Waals surface area (Å²) in [6.07, 6.45) is 0. The van der Waals surface area contributed by atoms with Crippen LogP contribution in [0.4, 0.5) is 11.4 Å². The molecule has 0 aliphatic carbocycles. The molecule has 1 aromatic carbocycles. The second-order valence-electron chi connectivity index (χ2n) is 1.85. The molecule has 0 unspecified atom stereocenters. The summed E-state index contributed by atoms with van der Waals surface area (Å²) < 4.78 is 0. The van der Waals surface area contributed by atoms with Crippen molar-refractivity contribution < 1.29 is 4.92 Å². The third-order valence-corrected chi connectivity index (χ3v) is 1.19. The highest BCUT2D eigenvalue weighted by Gasteiger charge is 2.11. The fraction of sp³-hybridized carbons (Fsp3) is 0. The van der Waals surface area contributed by atoms with E-state index < -0.39 is 4.92 Å². The van der Waals surface area contributed by atoms with Crippen molar-refractivity contribution in [2.75, 3.05) is 0 Å². The van der Waals surface area contributed by atoms with Gasteiger partial charge in [0.15, 0.2) is 5.69 Å². The standard InChI is InChI=1S/C6H4N3O2/c7-8-5-3-1-2-4-6(5)9(10)11/h1-4H. The van der Waals surface area contributed by atoms with Gasteiger partial charge in [-0.2, -0.15) is 5.43 Å². The lowest BCUT2D eigenvalue weighted by Crippen LogP contribution is -1.96. The molecular formula is C6H4N3O2. The van der Waals surface area contributed by atoms with Crippen LogP contribution in [0, 0.1) is 10.1 Å². The largest absolute Gasteiger partial charge is 0.296 e. The Morgan fingerprint density at radius 3 is 2.55 bits per heavy atom. The molecule has 0 heterocycles. The minimum absolute atomic E-state index is 0.0301. The maximum Gasteiger partial charge on any atom is 0.296 e. The molecule has 5 heteroatoms. The molecule has 0 aliphatic heterocycles. The minimum atomic E-state index is -0.602. The average molecular weight is 150 g/mol. The summed E-state index contributed by atoms with van der Waals surface area (Å²) in [6.45, 7) is 0. The van der Waals surface area contributed by atoms with Gasteiger partial charge in [0.05, 0.1) is 4.92 Å². The van der Waals surface area contributed by atoms with Crippen LogP contribution in [0.25, 0.3) is 0 Å². The van der Waals surface area contributed by atoms with Crippen LogP contribution in [0.1, 0.15) is 0 Å². The summed E-state index contributed by atoms with van der Waals surface area (Å²) in [6, 6.07) is 5.70. The van der Waals surface area contributed by atoms with Gasteiger partial charge in [-0.25, -0.2) is 0 Å². The van der Waals surface area contributed by atoms with Crippen LogP contribution < -0.4 is 11.3 Å². The smallest absolute Gasteiger partial charge is 0.258 e. The zero-order chi connectivity index (χ0) is 8.27. The highest BCUT2D eigenvalue weighted by atomic mass is 16.6. The SMILES string of the molecule is [N][N]c1ccccc1[N+](=O)[O-]. The monoisotopic (exact) mass is 150 g/mol. The normalized spacial score (nSPS) is 9.18. The van der Waals surface area contributed by atoms with Crippen LogP contribution in [-0.2, 0) is 0 Å². The number of para-hydroxylation sites is 1. The van der Waals surface area contributed by atoms with E-state index in [9.17, 15) is 10.1 Å². The van der Waals surface area contributed by atoms with Crippen molar-refractivity contribution in [2.24, 2.45) is 0 Å². The lowest BCUT2D eigenvalue weighted by Gasteiger charge is -1.94. The number of rotatable bonds is 2. The van der Waals surface area contributed by atoms with Gasteiger partial charge in [0.25, 0.3) is 5.69 Å². The molecule has 0 N–H and O–H groups in total. The van der Waals surface area contributed by atoms with E-state index in [0.29, 0.717) is 0 Å². The average Bonchev–Trinajstić information content (AvgIpc) is 2.04. The molecule has 0 bridgehead atoms. The summed E-state index contributed by atoms with van der Waals surface area (Å²) in [5.41, 5.74) is 2.52. The molecule has 0 saturated carbocycles. The summed E-state index contributed by atoms with van der Waals surface area (Å²) in [4.78, 5) is 9.61. The van der Waals surface area contributed by atoms with E-state index in [1.807, 2.05) is 0 Å². The Morgan fingerprint density at radius 1 is 1.45 bits per heavy atom. The third kappa shape index (κ3) is 1.44. The summed E-state index contributed by atoms with van der Waals surface area (Å²) in [7, 11) is 0. The molecule has 11 heavy (non-hydrogen) atoms. The highest BCUT2D eigenvalue weighted by Crippen LogP contribution is 2.21. The number of nitrogens with zero attached hydrogens (tertiary/aromatic N) is 3. The Hall–Kier alpha value is -1.62.